The van der Waals surface area contributed by atoms with Crippen molar-refractivity contribution in [3.63, 3.8) is 0 Å². The van der Waals surface area contributed by atoms with Crippen LogP contribution in [0, 0.1) is 5.92 Å². The van der Waals surface area contributed by atoms with E-state index in [4.69, 9.17) is 4.52 Å². The Balaban J connectivity index is 1.91. The molecule has 1 aliphatic rings. The van der Waals surface area contributed by atoms with Crippen LogP contribution in [0.15, 0.2) is 4.52 Å². The normalized spacial score (nSPS) is 20.3. The van der Waals surface area contributed by atoms with E-state index in [-0.39, 0.29) is 12.2 Å². The van der Waals surface area contributed by atoms with Gasteiger partial charge >= 0.3 is 0 Å². The number of thioether (sulfide) groups is 2. The lowest BCUT2D eigenvalue weighted by Crippen LogP contribution is -2.09. The van der Waals surface area contributed by atoms with E-state index in [0.717, 1.165) is 17.3 Å². The third kappa shape index (κ3) is 4.02. The molecular weight excluding hydrogens is 268 g/mol. The van der Waals surface area contributed by atoms with Crippen LogP contribution in [0.4, 0.5) is 0 Å². The van der Waals surface area contributed by atoms with E-state index >= 15 is 0 Å². The van der Waals surface area contributed by atoms with Crippen LogP contribution < -0.4 is 0 Å². The molecule has 2 heterocycles. The lowest BCUT2D eigenvalue weighted by molar-refractivity contribution is -0.119. The van der Waals surface area contributed by atoms with Crippen LogP contribution >= 0.6 is 23.5 Å². The summed E-state index contributed by atoms with van der Waals surface area (Å²) in [6.07, 6.45) is 0.849. The predicted molar refractivity (Wildman–Crippen MR) is 75.0 cm³/mol. The molecule has 1 fully saturated rings. The smallest absolute Gasteiger partial charge is 0.234 e. The lowest BCUT2D eigenvalue weighted by atomic mass is 10.1. The molecule has 0 N–H and O–H groups in total. The van der Waals surface area contributed by atoms with Crippen LogP contribution in [0.2, 0.25) is 0 Å². The average Bonchev–Trinajstić information content (AvgIpc) is 2.77. The van der Waals surface area contributed by atoms with Gasteiger partial charge in [-0.25, -0.2) is 0 Å². The van der Waals surface area contributed by atoms with E-state index in [1.54, 1.807) is 0 Å². The molecule has 1 atom stereocenters. The molecule has 0 radical (unpaired) electrons. The summed E-state index contributed by atoms with van der Waals surface area (Å²) >= 11 is 3.79. The van der Waals surface area contributed by atoms with Crippen LogP contribution in [-0.2, 0) is 11.2 Å². The van der Waals surface area contributed by atoms with E-state index in [1.807, 2.05) is 37.4 Å². The first-order chi connectivity index (χ1) is 8.65. The highest BCUT2D eigenvalue weighted by atomic mass is 32.2. The summed E-state index contributed by atoms with van der Waals surface area (Å²) in [5.74, 6) is 5.12. The summed E-state index contributed by atoms with van der Waals surface area (Å²) in [5.41, 5.74) is 0. The van der Waals surface area contributed by atoms with Gasteiger partial charge in [-0.1, -0.05) is 19.0 Å². The van der Waals surface area contributed by atoms with E-state index < -0.39 is 0 Å². The van der Waals surface area contributed by atoms with Gasteiger partial charge in [-0.2, -0.15) is 16.7 Å². The monoisotopic (exact) mass is 286 g/mol. The molecular formula is C12H18N2O2S2. The maximum Gasteiger partial charge on any atom is 0.234 e. The van der Waals surface area contributed by atoms with Crippen molar-refractivity contribution in [3.05, 3.63) is 11.7 Å². The minimum Gasteiger partial charge on any atom is -0.339 e. The van der Waals surface area contributed by atoms with Crippen LogP contribution in [0.3, 0.4) is 0 Å². The molecule has 1 aliphatic heterocycles. The average molecular weight is 286 g/mol. The molecule has 2 rings (SSSR count). The number of rotatable bonds is 5. The number of Topliss-reactive ketones (excluding diaryl/α,β-unsaturated/α-hetero) is 1. The van der Waals surface area contributed by atoms with Crippen molar-refractivity contribution in [3.8, 4) is 0 Å². The number of nitrogens with zero attached hydrogens (tertiary/aromatic N) is 2. The fraction of sp³-hybridized carbons (Fsp3) is 0.750. The Hall–Kier alpha value is -0.490. The first-order valence-corrected chi connectivity index (χ1v) is 8.39. The van der Waals surface area contributed by atoms with Gasteiger partial charge in [0.25, 0.3) is 0 Å². The predicted octanol–water partition coefficient (Wildman–Crippen LogP) is 2.75. The van der Waals surface area contributed by atoms with Gasteiger partial charge in [-0.15, -0.1) is 11.8 Å². The summed E-state index contributed by atoms with van der Waals surface area (Å²) in [7, 11) is 0. The Morgan fingerprint density at radius 2 is 2.33 bits per heavy atom. The van der Waals surface area contributed by atoms with Crippen LogP contribution in [0.1, 0.15) is 37.2 Å². The van der Waals surface area contributed by atoms with Gasteiger partial charge in [-0.3, -0.25) is 4.79 Å². The number of aromatic nitrogens is 2. The van der Waals surface area contributed by atoms with Gasteiger partial charge in [0.05, 0.1) is 11.7 Å². The molecule has 1 aromatic rings. The highest BCUT2D eigenvalue weighted by Gasteiger charge is 2.22. The summed E-state index contributed by atoms with van der Waals surface area (Å²) in [5, 5.41) is 4.32. The maximum atomic E-state index is 11.7. The molecule has 6 heteroatoms. The standard InChI is InChI=1S/C12H18N2O2S2/c1-8(2)5-9(15)6-11-13-12(14-16-11)10-7-17-3-4-18-10/h8,10H,3-7H2,1-2H3. The Bertz CT molecular complexity index is 401. The fourth-order valence-electron chi connectivity index (χ4n) is 1.80. The largest absolute Gasteiger partial charge is 0.339 e. The first-order valence-electron chi connectivity index (χ1n) is 6.18. The molecule has 4 nitrogen and oxygen atoms in total. The van der Waals surface area contributed by atoms with E-state index in [9.17, 15) is 4.79 Å². The van der Waals surface area contributed by atoms with Crippen molar-refractivity contribution >= 4 is 29.3 Å². The third-order valence-electron chi connectivity index (χ3n) is 2.57. The molecule has 0 amide bonds. The minimum absolute atomic E-state index is 0.172. The molecule has 0 saturated carbocycles. The molecule has 18 heavy (non-hydrogen) atoms. The van der Waals surface area contributed by atoms with Crippen LogP contribution in [0.25, 0.3) is 0 Å². The maximum absolute atomic E-state index is 11.7. The second-order valence-electron chi connectivity index (χ2n) is 4.79. The molecule has 0 bridgehead atoms. The van der Waals surface area contributed by atoms with Crippen molar-refractivity contribution < 1.29 is 9.32 Å². The molecule has 1 saturated heterocycles. The van der Waals surface area contributed by atoms with E-state index in [0.29, 0.717) is 23.5 Å². The second kappa shape index (κ2) is 6.61. The Labute approximate surface area is 116 Å². The number of carbonyl (C=O) groups is 1. The topological polar surface area (TPSA) is 56.0 Å². The van der Waals surface area contributed by atoms with Gasteiger partial charge in [-0.05, 0) is 5.92 Å². The zero-order valence-corrected chi connectivity index (χ0v) is 12.4. The lowest BCUT2D eigenvalue weighted by Gasteiger charge is -2.16. The number of ketones is 1. The summed E-state index contributed by atoms with van der Waals surface area (Å²) in [6.45, 7) is 4.07. The quantitative estimate of drug-likeness (QED) is 0.829. The first kappa shape index (κ1) is 13.9. The molecule has 1 aromatic heterocycles. The van der Waals surface area contributed by atoms with Crippen LogP contribution in [-0.4, -0.2) is 33.2 Å². The highest BCUT2D eigenvalue weighted by molar-refractivity contribution is 8.06. The van der Waals surface area contributed by atoms with Crippen molar-refractivity contribution in [2.75, 3.05) is 17.3 Å². The molecule has 100 valence electrons. The van der Waals surface area contributed by atoms with Gasteiger partial charge in [0.1, 0.15) is 5.78 Å². The number of hydrogen-bond acceptors (Lipinski definition) is 6. The Morgan fingerprint density at radius 3 is 3.00 bits per heavy atom. The third-order valence-corrected chi connectivity index (χ3v) is 5.32. The Morgan fingerprint density at radius 1 is 1.50 bits per heavy atom. The van der Waals surface area contributed by atoms with Crippen molar-refractivity contribution in [1.82, 2.24) is 10.1 Å². The van der Waals surface area contributed by atoms with Gasteiger partial charge in [0, 0.05) is 23.7 Å². The highest BCUT2D eigenvalue weighted by Crippen LogP contribution is 2.35. The Kier molecular flexibility index (Phi) is 5.12. The van der Waals surface area contributed by atoms with Gasteiger partial charge in [0.15, 0.2) is 5.82 Å². The number of carbonyl (C=O) groups excluding carboxylic acids is 1. The molecule has 0 aromatic carbocycles. The SMILES string of the molecule is CC(C)CC(=O)Cc1nc(C2CSCCS2)no1. The summed E-state index contributed by atoms with van der Waals surface area (Å²) in [4.78, 5) is 16.0. The molecule has 0 spiro atoms. The second-order valence-corrected chi connectivity index (χ2v) is 7.25. The van der Waals surface area contributed by atoms with Crippen molar-refractivity contribution in [2.45, 2.75) is 31.9 Å². The zero-order chi connectivity index (χ0) is 13.0. The van der Waals surface area contributed by atoms with E-state index in [1.165, 1.54) is 5.75 Å². The fourth-order valence-corrected chi connectivity index (χ4v) is 4.39. The molecule has 0 aliphatic carbocycles. The van der Waals surface area contributed by atoms with Gasteiger partial charge < -0.3 is 4.52 Å². The van der Waals surface area contributed by atoms with Crippen molar-refractivity contribution in [2.24, 2.45) is 5.92 Å². The minimum atomic E-state index is 0.172. The summed E-state index contributed by atoms with van der Waals surface area (Å²) in [6, 6.07) is 0. The van der Waals surface area contributed by atoms with Crippen molar-refractivity contribution in [1.29, 1.82) is 0 Å². The number of hydrogen-bond donors (Lipinski definition) is 0. The molecule has 1 unspecified atom stereocenters. The van der Waals surface area contributed by atoms with E-state index in [2.05, 4.69) is 10.1 Å². The van der Waals surface area contributed by atoms with Gasteiger partial charge in [0.2, 0.25) is 5.89 Å². The zero-order valence-electron chi connectivity index (χ0n) is 10.7. The summed E-state index contributed by atoms with van der Waals surface area (Å²) < 4.78 is 5.17. The van der Waals surface area contributed by atoms with Crippen LogP contribution in [0.5, 0.6) is 0 Å².